The highest BCUT2D eigenvalue weighted by Gasteiger charge is 2.20. The SMILES string of the molecule is CCNC(c1cc(Cl)ccc1Cl)c1cc(C)c(C)cc1Cl. The molecule has 0 heterocycles. The molecule has 0 saturated heterocycles. The van der Waals surface area contributed by atoms with Gasteiger partial charge in [-0.3, -0.25) is 0 Å². The number of rotatable bonds is 4. The minimum absolute atomic E-state index is 0.0759. The fraction of sp³-hybridized carbons (Fsp3) is 0.294. The molecule has 1 N–H and O–H groups in total. The topological polar surface area (TPSA) is 12.0 Å². The lowest BCUT2D eigenvalue weighted by molar-refractivity contribution is 0.630. The van der Waals surface area contributed by atoms with Gasteiger partial charge in [-0.05, 0) is 66.9 Å². The van der Waals surface area contributed by atoms with E-state index in [4.69, 9.17) is 34.8 Å². The fourth-order valence-corrected chi connectivity index (χ4v) is 3.09. The Labute approximate surface area is 141 Å². The molecule has 0 fully saturated rings. The van der Waals surface area contributed by atoms with Crippen LogP contribution >= 0.6 is 34.8 Å². The second-order valence-corrected chi connectivity index (χ2v) is 6.37. The zero-order chi connectivity index (χ0) is 15.6. The summed E-state index contributed by atoms with van der Waals surface area (Å²) in [6, 6.07) is 9.53. The van der Waals surface area contributed by atoms with Crippen molar-refractivity contribution >= 4 is 34.8 Å². The Kier molecular flexibility index (Phi) is 5.56. The van der Waals surface area contributed by atoms with Crippen molar-refractivity contribution in [2.45, 2.75) is 26.8 Å². The van der Waals surface area contributed by atoms with E-state index in [0.717, 1.165) is 22.7 Å². The standard InChI is InChI=1S/C17H18Cl3N/c1-4-21-17(14-9-12(18)5-6-15(14)19)13-7-10(2)11(3)8-16(13)20/h5-9,17,21H,4H2,1-3H3. The van der Waals surface area contributed by atoms with E-state index in [1.165, 1.54) is 11.1 Å². The first kappa shape index (κ1) is 16.6. The van der Waals surface area contributed by atoms with Crippen LogP contribution < -0.4 is 5.32 Å². The average Bonchev–Trinajstić information content (AvgIpc) is 2.43. The third-order valence-corrected chi connectivity index (χ3v) is 4.51. The van der Waals surface area contributed by atoms with Gasteiger partial charge in [0.15, 0.2) is 0 Å². The Hall–Kier alpha value is -0.730. The summed E-state index contributed by atoms with van der Waals surface area (Å²) in [6.45, 7) is 6.99. The van der Waals surface area contributed by atoms with Crippen molar-refractivity contribution in [1.29, 1.82) is 0 Å². The third-order valence-electron chi connectivity index (χ3n) is 3.60. The second kappa shape index (κ2) is 7.02. The van der Waals surface area contributed by atoms with Crippen LogP contribution in [0.2, 0.25) is 15.1 Å². The van der Waals surface area contributed by atoms with Gasteiger partial charge in [0.05, 0.1) is 6.04 Å². The lowest BCUT2D eigenvalue weighted by Gasteiger charge is -2.22. The van der Waals surface area contributed by atoms with Crippen molar-refractivity contribution in [2.24, 2.45) is 0 Å². The van der Waals surface area contributed by atoms with Gasteiger partial charge in [-0.15, -0.1) is 0 Å². The predicted molar refractivity (Wildman–Crippen MR) is 92.9 cm³/mol. The maximum absolute atomic E-state index is 6.46. The van der Waals surface area contributed by atoms with Gasteiger partial charge in [-0.25, -0.2) is 0 Å². The largest absolute Gasteiger partial charge is 0.306 e. The molecule has 0 saturated carbocycles. The summed E-state index contributed by atoms with van der Waals surface area (Å²) in [4.78, 5) is 0. The van der Waals surface area contributed by atoms with Crippen LogP contribution in [0.5, 0.6) is 0 Å². The molecule has 1 nitrogen and oxygen atoms in total. The first-order valence-electron chi connectivity index (χ1n) is 6.89. The molecule has 112 valence electrons. The van der Waals surface area contributed by atoms with Gasteiger partial charge in [0.2, 0.25) is 0 Å². The number of aryl methyl sites for hydroxylation is 2. The van der Waals surface area contributed by atoms with Crippen molar-refractivity contribution < 1.29 is 0 Å². The number of benzene rings is 2. The minimum Gasteiger partial charge on any atom is -0.306 e. The molecule has 0 aliphatic carbocycles. The highest BCUT2D eigenvalue weighted by Crippen LogP contribution is 2.35. The number of halogens is 3. The van der Waals surface area contributed by atoms with Gasteiger partial charge in [0.25, 0.3) is 0 Å². The van der Waals surface area contributed by atoms with Gasteiger partial charge in [-0.1, -0.05) is 47.8 Å². The Bertz CT molecular complexity index is 653. The Morgan fingerprint density at radius 2 is 1.52 bits per heavy atom. The number of hydrogen-bond acceptors (Lipinski definition) is 1. The Balaban J connectivity index is 2.58. The molecule has 0 spiro atoms. The van der Waals surface area contributed by atoms with E-state index in [1.54, 1.807) is 6.07 Å². The molecule has 1 unspecified atom stereocenters. The van der Waals surface area contributed by atoms with Crippen molar-refractivity contribution in [3.8, 4) is 0 Å². The van der Waals surface area contributed by atoms with Crippen molar-refractivity contribution in [2.75, 3.05) is 6.54 Å². The lowest BCUT2D eigenvalue weighted by Crippen LogP contribution is -2.23. The van der Waals surface area contributed by atoms with Crippen molar-refractivity contribution in [3.05, 3.63) is 67.7 Å². The lowest BCUT2D eigenvalue weighted by atomic mass is 9.95. The summed E-state index contributed by atoms with van der Waals surface area (Å²) >= 11 is 18.9. The predicted octanol–water partition coefficient (Wildman–Crippen LogP) is 5.96. The zero-order valence-electron chi connectivity index (χ0n) is 12.3. The second-order valence-electron chi connectivity index (χ2n) is 5.11. The summed E-state index contributed by atoms with van der Waals surface area (Å²) < 4.78 is 0. The van der Waals surface area contributed by atoms with E-state index in [1.807, 2.05) is 18.2 Å². The molecule has 2 rings (SSSR count). The van der Waals surface area contributed by atoms with Crippen LogP contribution in [0, 0.1) is 13.8 Å². The first-order valence-corrected chi connectivity index (χ1v) is 8.02. The van der Waals surface area contributed by atoms with Gasteiger partial charge < -0.3 is 5.32 Å². The van der Waals surface area contributed by atoms with E-state index in [9.17, 15) is 0 Å². The van der Waals surface area contributed by atoms with E-state index >= 15 is 0 Å². The average molecular weight is 343 g/mol. The molecule has 0 amide bonds. The number of nitrogens with one attached hydrogen (secondary N) is 1. The van der Waals surface area contributed by atoms with Crippen LogP contribution in [-0.4, -0.2) is 6.54 Å². The Morgan fingerprint density at radius 1 is 0.905 bits per heavy atom. The molecule has 0 aromatic heterocycles. The highest BCUT2D eigenvalue weighted by atomic mass is 35.5. The molecule has 0 radical (unpaired) electrons. The van der Waals surface area contributed by atoms with Crippen LogP contribution in [0.3, 0.4) is 0 Å². The van der Waals surface area contributed by atoms with Gasteiger partial charge >= 0.3 is 0 Å². The molecular formula is C17H18Cl3N. The summed E-state index contributed by atoms with van der Waals surface area (Å²) in [6.07, 6.45) is 0. The van der Waals surface area contributed by atoms with Crippen LogP contribution in [0.25, 0.3) is 0 Å². The van der Waals surface area contributed by atoms with Crippen LogP contribution in [0.1, 0.15) is 35.2 Å². The van der Waals surface area contributed by atoms with Crippen molar-refractivity contribution in [3.63, 3.8) is 0 Å². The van der Waals surface area contributed by atoms with E-state index < -0.39 is 0 Å². The maximum atomic E-state index is 6.46. The monoisotopic (exact) mass is 341 g/mol. The van der Waals surface area contributed by atoms with Gasteiger partial charge in [0.1, 0.15) is 0 Å². The normalized spacial score (nSPS) is 12.5. The fourth-order valence-electron chi connectivity index (χ4n) is 2.35. The summed E-state index contributed by atoms with van der Waals surface area (Å²) in [5.74, 6) is 0. The van der Waals surface area contributed by atoms with Crippen molar-refractivity contribution in [1.82, 2.24) is 5.32 Å². The first-order chi connectivity index (χ1) is 9.93. The molecular weight excluding hydrogens is 325 g/mol. The Morgan fingerprint density at radius 3 is 2.19 bits per heavy atom. The van der Waals surface area contributed by atoms with Crippen LogP contribution in [0.15, 0.2) is 30.3 Å². The zero-order valence-corrected chi connectivity index (χ0v) is 14.6. The summed E-state index contributed by atoms with van der Waals surface area (Å²) in [5.41, 5.74) is 4.34. The minimum atomic E-state index is -0.0759. The molecule has 0 aliphatic rings. The smallest absolute Gasteiger partial charge is 0.0606 e. The maximum Gasteiger partial charge on any atom is 0.0606 e. The highest BCUT2D eigenvalue weighted by molar-refractivity contribution is 6.34. The van der Waals surface area contributed by atoms with Gasteiger partial charge in [-0.2, -0.15) is 0 Å². The van der Waals surface area contributed by atoms with Crippen LogP contribution in [-0.2, 0) is 0 Å². The van der Waals surface area contributed by atoms with E-state index in [-0.39, 0.29) is 6.04 Å². The van der Waals surface area contributed by atoms with E-state index in [0.29, 0.717) is 10.0 Å². The molecule has 1 atom stereocenters. The van der Waals surface area contributed by atoms with Gasteiger partial charge in [0, 0.05) is 15.1 Å². The third kappa shape index (κ3) is 3.73. The molecule has 4 heteroatoms. The molecule has 2 aromatic carbocycles. The summed E-state index contributed by atoms with van der Waals surface area (Å²) in [7, 11) is 0. The molecule has 21 heavy (non-hydrogen) atoms. The summed E-state index contributed by atoms with van der Waals surface area (Å²) in [5, 5.41) is 5.52. The van der Waals surface area contributed by atoms with E-state index in [2.05, 4.69) is 32.2 Å². The van der Waals surface area contributed by atoms with Crippen LogP contribution in [0.4, 0.5) is 0 Å². The number of hydrogen-bond donors (Lipinski definition) is 1. The molecule has 0 bridgehead atoms. The molecule has 0 aliphatic heterocycles. The quantitative estimate of drug-likeness (QED) is 0.722. The molecule has 2 aromatic rings.